The standard InChI is InChI=1S/C19H29NO/c1-18(2)15-9-10-19(3,12-15)17(18)20-16(13-21)11-14-7-5-4-6-8-14/h4-8,15-17,20-21H,9-13H2,1-3H3/t15-,16?,17?,19+/m0/s1. The molecule has 2 N–H and O–H groups in total. The van der Waals surface area contributed by atoms with Gasteiger partial charge < -0.3 is 10.4 Å². The molecule has 3 rings (SSSR count). The zero-order valence-corrected chi connectivity index (χ0v) is 13.6. The molecule has 0 aliphatic heterocycles. The molecule has 0 aromatic heterocycles. The minimum absolute atomic E-state index is 0.160. The maximum absolute atomic E-state index is 9.81. The zero-order chi connectivity index (χ0) is 15.1. The minimum atomic E-state index is 0.160. The first kappa shape index (κ1) is 15.1. The smallest absolute Gasteiger partial charge is 0.0587 e. The number of hydrogen-bond donors (Lipinski definition) is 2. The summed E-state index contributed by atoms with van der Waals surface area (Å²) in [5.74, 6) is 0.844. The molecule has 1 aromatic rings. The average Bonchev–Trinajstić information content (AvgIpc) is 2.94. The Balaban J connectivity index is 1.72. The van der Waals surface area contributed by atoms with E-state index in [9.17, 15) is 5.11 Å². The molecule has 0 spiro atoms. The second kappa shape index (κ2) is 5.40. The highest BCUT2D eigenvalue weighted by Crippen LogP contribution is 2.62. The van der Waals surface area contributed by atoms with Crippen molar-refractivity contribution in [2.24, 2.45) is 16.7 Å². The van der Waals surface area contributed by atoms with E-state index in [1.807, 2.05) is 6.07 Å². The number of fused-ring (bicyclic) bond motifs is 2. The van der Waals surface area contributed by atoms with E-state index >= 15 is 0 Å². The Morgan fingerprint density at radius 1 is 1.24 bits per heavy atom. The summed E-state index contributed by atoms with van der Waals surface area (Å²) in [5, 5.41) is 13.6. The lowest BCUT2D eigenvalue weighted by molar-refractivity contribution is 0.0867. The summed E-state index contributed by atoms with van der Waals surface area (Å²) in [6.45, 7) is 7.48. The Labute approximate surface area is 129 Å². The van der Waals surface area contributed by atoms with Crippen LogP contribution in [0, 0.1) is 16.7 Å². The predicted molar refractivity (Wildman–Crippen MR) is 87.2 cm³/mol. The van der Waals surface area contributed by atoms with Crippen LogP contribution in [0.1, 0.15) is 45.6 Å². The van der Waals surface area contributed by atoms with Gasteiger partial charge in [0.25, 0.3) is 0 Å². The highest BCUT2D eigenvalue weighted by Gasteiger charge is 2.59. The van der Waals surface area contributed by atoms with Crippen molar-refractivity contribution >= 4 is 0 Å². The van der Waals surface area contributed by atoms with Crippen LogP contribution in [-0.2, 0) is 6.42 Å². The fourth-order valence-electron chi connectivity index (χ4n) is 5.03. The Morgan fingerprint density at radius 3 is 2.52 bits per heavy atom. The van der Waals surface area contributed by atoms with Crippen LogP contribution in [0.4, 0.5) is 0 Å². The summed E-state index contributed by atoms with van der Waals surface area (Å²) in [5.41, 5.74) is 2.06. The van der Waals surface area contributed by atoms with Crippen LogP contribution in [0.15, 0.2) is 30.3 Å². The third-order valence-corrected chi connectivity index (χ3v) is 6.22. The van der Waals surface area contributed by atoms with Gasteiger partial charge in [-0.05, 0) is 48.0 Å². The highest BCUT2D eigenvalue weighted by molar-refractivity contribution is 5.17. The average molecular weight is 287 g/mol. The molecule has 2 aliphatic rings. The van der Waals surface area contributed by atoms with E-state index in [0.717, 1.165) is 12.3 Å². The summed E-state index contributed by atoms with van der Waals surface area (Å²) in [7, 11) is 0. The second-order valence-electron chi connectivity index (χ2n) is 8.08. The first-order chi connectivity index (χ1) is 9.95. The van der Waals surface area contributed by atoms with Gasteiger partial charge >= 0.3 is 0 Å². The summed E-state index contributed by atoms with van der Waals surface area (Å²) in [6.07, 6.45) is 4.97. The molecule has 1 aromatic carbocycles. The van der Waals surface area contributed by atoms with Crippen molar-refractivity contribution in [3.63, 3.8) is 0 Å². The maximum Gasteiger partial charge on any atom is 0.0587 e. The Bertz CT molecular complexity index is 479. The molecule has 2 bridgehead atoms. The molecule has 2 unspecified atom stereocenters. The zero-order valence-electron chi connectivity index (χ0n) is 13.6. The monoisotopic (exact) mass is 287 g/mol. The molecule has 0 radical (unpaired) electrons. The van der Waals surface area contributed by atoms with Crippen molar-refractivity contribution in [3.8, 4) is 0 Å². The van der Waals surface area contributed by atoms with Crippen LogP contribution in [0.3, 0.4) is 0 Å². The van der Waals surface area contributed by atoms with E-state index in [1.54, 1.807) is 0 Å². The quantitative estimate of drug-likeness (QED) is 0.870. The molecule has 2 nitrogen and oxygen atoms in total. The minimum Gasteiger partial charge on any atom is -0.395 e. The van der Waals surface area contributed by atoms with Crippen LogP contribution in [0.2, 0.25) is 0 Å². The normalized spacial score (nSPS) is 35.0. The Hall–Kier alpha value is -0.860. The summed E-state index contributed by atoms with van der Waals surface area (Å²) in [4.78, 5) is 0. The SMILES string of the molecule is CC1(C)C(NC(CO)Cc2ccccc2)[C@]2(C)CC[C@H]1C2. The predicted octanol–water partition coefficient (Wildman–Crippen LogP) is 3.39. The molecule has 21 heavy (non-hydrogen) atoms. The molecule has 2 aliphatic carbocycles. The van der Waals surface area contributed by atoms with Gasteiger partial charge in [-0.25, -0.2) is 0 Å². The number of aliphatic hydroxyl groups excluding tert-OH is 1. The number of hydrogen-bond acceptors (Lipinski definition) is 2. The number of rotatable bonds is 5. The Kier molecular flexibility index (Phi) is 3.87. The first-order valence-electron chi connectivity index (χ1n) is 8.36. The third-order valence-electron chi connectivity index (χ3n) is 6.22. The van der Waals surface area contributed by atoms with E-state index in [1.165, 1.54) is 24.8 Å². The van der Waals surface area contributed by atoms with Gasteiger partial charge in [0.2, 0.25) is 0 Å². The Morgan fingerprint density at radius 2 is 1.95 bits per heavy atom. The van der Waals surface area contributed by atoms with Gasteiger partial charge in [0.1, 0.15) is 0 Å². The van der Waals surface area contributed by atoms with Crippen LogP contribution in [0.5, 0.6) is 0 Å². The molecule has 0 heterocycles. The molecule has 0 amide bonds. The molecular weight excluding hydrogens is 258 g/mol. The van der Waals surface area contributed by atoms with Crippen molar-refractivity contribution < 1.29 is 5.11 Å². The number of nitrogens with one attached hydrogen (secondary N) is 1. The molecule has 2 fully saturated rings. The van der Waals surface area contributed by atoms with E-state index in [-0.39, 0.29) is 12.6 Å². The molecular formula is C19H29NO. The highest BCUT2D eigenvalue weighted by atomic mass is 16.3. The van der Waals surface area contributed by atoms with Crippen LogP contribution >= 0.6 is 0 Å². The van der Waals surface area contributed by atoms with Gasteiger partial charge in [-0.2, -0.15) is 0 Å². The fraction of sp³-hybridized carbons (Fsp3) is 0.684. The van der Waals surface area contributed by atoms with Gasteiger partial charge in [-0.3, -0.25) is 0 Å². The lowest BCUT2D eigenvalue weighted by Crippen LogP contribution is -2.55. The third kappa shape index (κ3) is 2.64. The summed E-state index contributed by atoms with van der Waals surface area (Å²) < 4.78 is 0. The van der Waals surface area contributed by atoms with Crippen LogP contribution < -0.4 is 5.32 Å². The van der Waals surface area contributed by atoms with E-state index in [4.69, 9.17) is 0 Å². The second-order valence-corrected chi connectivity index (χ2v) is 8.08. The maximum atomic E-state index is 9.81. The molecule has 2 saturated carbocycles. The van der Waals surface area contributed by atoms with Gasteiger partial charge in [-0.15, -0.1) is 0 Å². The van der Waals surface area contributed by atoms with Crippen molar-refractivity contribution in [2.45, 2.75) is 58.5 Å². The van der Waals surface area contributed by atoms with Gasteiger partial charge in [0.05, 0.1) is 6.61 Å². The topological polar surface area (TPSA) is 32.3 Å². The lowest BCUT2D eigenvalue weighted by Gasteiger charge is -2.45. The molecule has 0 saturated heterocycles. The van der Waals surface area contributed by atoms with Gasteiger partial charge in [-0.1, -0.05) is 51.1 Å². The molecule has 2 heteroatoms. The van der Waals surface area contributed by atoms with Crippen molar-refractivity contribution in [1.82, 2.24) is 5.32 Å². The fourth-order valence-corrected chi connectivity index (χ4v) is 5.03. The summed E-state index contributed by atoms with van der Waals surface area (Å²) >= 11 is 0. The summed E-state index contributed by atoms with van der Waals surface area (Å²) in [6, 6.07) is 11.2. The lowest BCUT2D eigenvalue weighted by atomic mass is 9.68. The van der Waals surface area contributed by atoms with E-state index in [0.29, 0.717) is 16.9 Å². The van der Waals surface area contributed by atoms with Crippen LogP contribution in [0.25, 0.3) is 0 Å². The van der Waals surface area contributed by atoms with Crippen molar-refractivity contribution in [2.75, 3.05) is 6.61 Å². The van der Waals surface area contributed by atoms with Crippen molar-refractivity contribution in [1.29, 1.82) is 0 Å². The van der Waals surface area contributed by atoms with Gasteiger partial charge in [0.15, 0.2) is 0 Å². The van der Waals surface area contributed by atoms with E-state index in [2.05, 4.69) is 50.4 Å². The number of aliphatic hydroxyl groups is 1. The first-order valence-corrected chi connectivity index (χ1v) is 8.36. The largest absolute Gasteiger partial charge is 0.395 e. The molecule has 4 atom stereocenters. The molecule has 116 valence electrons. The number of benzene rings is 1. The van der Waals surface area contributed by atoms with Crippen LogP contribution in [-0.4, -0.2) is 23.8 Å². The van der Waals surface area contributed by atoms with Crippen molar-refractivity contribution in [3.05, 3.63) is 35.9 Å². The van der Waals surface area contributed by atoms with E-state index < -0.39 is 0 Å². The van der Waals surface area contributed by atoms with Gasteiger partial charge in [0, 0.05) is 12.1 Å².